The molecular formula is C27H52N2O5. The van der Waals surface area contributed by atoms with Gasteiger partial charge in [-0.05, 0) is 19.3 Å². The normalized spacial score (nSPS) is 12.9. The third-order valence-electron chi connectivity index (χ3n) is 6.79. The van der Waals surface area contributed by atoms with E-state index in [0.29, 0.717) is 12.8 Å². The van der Waals surface area contributed by atoms with Crippen LogP contribution in [0.3, 0.4) is 0 Å². The third kappa shape index (κ3) is 14.6. The van der Waals surface area contributed by atoms with Crippen molar-refractivity contribution in [2.24, 2.45) is 5.84 Å². The lowest BCUT2D eigenvalue weighted by molar-refractivity contribution is -0.162. The number of carbonyl (C=O) groups excluding carboxylic acids is 1. The predicted molar refractivity (Wildman–Crippen MR) is 137 cm³/mol. The fraction of sp³-hybridized carbons (Fsp3) is 0.889. The Morgan fingerprint density at radius 2 is 1.03 bits per heavy atom. The molecule has 0 fully saturated rings. The van der Waals surface area contributed by atoms with Gasteiger partial charge in [0.2, 0.25) is 5.91 Å². The Kier molecular flexibility index (Phi) is 19.7. The van der Waals surface area contributed by atoms with Crippen LogP contribution in [0.1, 0.15) is 149 Å². The lowest BCUT2D eigenvalue weighted by Crippen LogP contribution is -2.60. The van der Waals surface area contributed by atoms with Crippen molar-refractivity contribution >= 4 is 17.8 Å². The number of hydrazine groups is 1. The number of unbranched alkanes of at least 4 members (excludes halogenated alkanes) is 15. The highest BCUT2D eigenvalue weighted by Crippen LogP contribution is 2.28. The zero-order valence-corrected chi connectivity index (χ0v) is 22.0. The summed E-state index contributed by atoms with van der Waals surface area (Å²) >= 11 is 0. The molecule has 0 bridgehead atoms. The Balaban J connectivity index is 4.13. The van der Waals surface area contributed by atoms with E-state index >= 15 is 0 Å². The van der Waals surface area contributed by atoms with E-state index in [0.717, 1.165) is 24.3 Å². The molecule has 0 aliphatic heterocycles. The number of nitrogens with zero attached hydrogens (tertiary/aromatic N) is 1. The van der Waals surface area contributed by atoms with E-state index in [2.05, 4.69) is 6.92 Å². The summed E-state index contributed by atoms with van der Waals surface area (Å²) in [4.78, 5) is 35.5. The van der Waals surface area contributed by atoms with E-state index in [4.69, 9.17) is 10.9 Å². The molecular weight excluding hydrogens is 432 g/mol. The molecule has 0 aromatic heterocycles. The molecule has 0 saturated heterocycles. The second kappa shape index (κ2) is 20.7. The van der Waals surface area contributed by atoms with Gasteiger partial charge in [-0.2, -0.15) is 0 Å². The lowest BCUT2D eigenvalue weighted by Gasteiger charge is -2.37. The van der Waals surface area contributed by atoms with Crippen molar-refractivity contribution in [2.75, 3.05) is 0 Å². The van der Waals surface area contributed by atoms with Crippen molar-refractivity contribution in [3.63, 3.8) is 0 Å². The molecule has 0 heterocycles. The molecule has 0 aromatic carbocycles. The van der Waals surface area contributed by atoms with Crippen LogP contribution in [0.4, 0.5) is 0 Å². The van der Waals surface area contributed by atoms with Gasteiger partial charge in [0.05, 0.1) is 0 Å². The Bertz CT molecular complexity index is 555. The number of hydrogen-bond donors (Lipinski definition) is 3. The largest absolute Gasteiger partial charge is 0.481 e. The summed E-state index contributed by atoms with van der Waals surface area (Å²) in [6.45, 7) is 4.07. The SMILES string of the molecule is CCCCCCCCCCCCCCCCCCC(CCC(=O)O)(C(=O)O)N(N)C(=O)CCC. The number of rotatable bonds is 24. The van der Waals surface area contributed by atoms with Crippen LogP contribution in [-0.4, -0.2) is 38.6 Å². The minimum absolute atomic E-state index is 0.150. The fourth-order valence-corrected chi connectivity index (χ4v) is 4.54. The highest BCUT2D eigenvalue weighted by molar-refractivity contribution is 5.87. The first kappa shape index (κ1) is 32.4. The molecule has 0 radical (unpaired) electrons. The highest BCUT2D eigenvalue weighted by Gasteiger charge is 2.45. The van der Waals surface area contributed by atoms with E-state index in [1.165, 1.54) is 77.0 Å². The predicted octanol–water partition coefficient (Wildman–Crippen LogP) is 6.83. The summed E-state index contributed by atoms with van der Waals surface area (Å²) in [5.74, 6) is 3.18. The molecule has 200 valence electrons. The summed E-state index contributed by atoms with van der Waals surface area (Å²) in [7, 11) is 0. The number of hydrogen-bond acceptors (Lipinski definition) is 4. The van der Waals surface area contributed by atoms with E-state index in [1.54, 1.807) is 0 Å². The molecule has 1 atom stereocenters. The molecule has 0 rings (SSSR count). The average Bonchev–Trinajstić information content (AvgIpc) is 2.80. The van der Waals surface area contributed by atoms with Crippen LogP contribution >= 0.6 is 0 Å². The average molecular weight is 485 g/mol. The van der Waals surface area contributed by atoms with Gasteiger partial charge in [0.1, 0.15) is 0 Å². The zero-order valence-electron chi connectivity index (χ0n) is 22.0. The van der Waals surface area contributed by atoms with Crippen LogP contribution in [0.5, 0.6) is 0 Å². The van der Waals surface area contributed by atoms with Crippen molar-refractivity contribution in [3.05, 3.63) is 0 Å². The maximum absolute atomic E-state index is 12.3. The van der Waals surface area contributed by atoms with E-state index in [1.807, 2.05) is 6.92 Å². The van der Waals surface area contributed by atoms with Gasteiger partial charge in [-0.3, -0.25) is 14.6 Å². The number of carboxylic acid groups (broad SMARTS) is 2. The monoisotopic (exact) mass is 484 g/mol. The van der Waals surface area contributed by atoms with Gasteiger partial charge in [0.15, 0.2) is 5.54 Å². The van der Waals surface area contributed by atoms with Gasteiger partial charge in [0, 0.05) is 12.8 Å². The smallest absolute Gasteiger partial charge is 0.331 e. The van der Waals surface area contributed by atoms with Crippen LogP contribution in [0.15, 0.2) is 0 Å². The molecule has 1 unspecified atom stereocenters. The summed E-state index contributed by atoms with van der Waals surface area (Å²) in [5.41, 5.74) is -1.65. The summed E-state index contributed by atoms with van der Waals surface area (Å²) < 4.78 is 0. The number of carboxylic acids is 2. The van der Waals surface area contributed by atoms with Gasteiger partial charge in [-0.15, -0.1) is 0 Å². The van der Waals surface area contributed by atoms with Crippen LogP contribution < -0.4 is 5.84 Å². The standard InChI is InChI=1S/C27H52N2O5/c1-3-5-6-7-8-9-10-11-12-13-14-15-16-17-18-19-22-27(26(33)34,23-21-25(31)32)29(28)24(30)20-4-2/h3-23,28H2,1-2H3,(H,31,32)(H,33,34). The lowest BCUT2D eigenvalue weighted by atomic mass is 9.86. The molecule has 7 heteroatoms. The number of aliphatic carboxylic acids is 2. The van der Waals surface area contributed by atoms with Gasteiger partial charge < -0.3 is 10.2 Å². The molecule has 0 aromatic rings. The van der Waals surface area contributed by atoms with E-state index < -0.39 is 23.4 Å². The molecule has 4 N–H and O–H groups in total. The van der Waals surface area contributed by atoms with E-state index in [9.17, 15) is 19.5 Å². The fourth-order valence-electron chi connectivity index (χ4n) is 4.54. The minimum atomic E-state index is -1.65. The van der Waals surface area contributed by atoms with Crippen molar-refractivity contribution in [1.29, 1.82) is 0 Å². The van der Waals surface area contributed by atoms with Crippen LogP contribution in [0, 0.1) is 0 Å². The maximum atomic E-state index is 12.3. The number of amides is 1. The molecule has 0 aliphatic rings. The van der Waals surface area contributed by atoms with Crippen molar-refractivity contribution in [2.45, 2.75) is 154 Å². The first-order chi connectivity index (χ1) is 16.3. The molecule has 0 spiro atoms. The first-order valence-electron chi connectivity index (χ1n) is 13.8. The van der Waals surface area contributed by atoms with Gasteiger partial charge in [-0.25, -0.2) is 10.6 Å². The van der Waals surface area contributed by atoms with Gasteiger partial charge in [0.25, 0.3) is 0 Å². The van der Waals surface area contributed by atoms with Crippen molar-refractivity contribution in [1.82, 2.24) is 5.01 Å². The summed E-state index contributed by atoms with van der Waals surface area (Å²) in [6, 6.07) is 0. The first-order valence-corrected chi connectivity index (χ1v) is 13.8. The zero-order chi connectivity index (χ0) is 25.7. The molecule has 0 saturated carbocycles. The van der Waals surface area contributed by atoms with Crippen molar-refractivity contribution in [3.8, 4) is 0 Å². The Hall–Kier alpha value is -1.63. The second-order valence-electron chi connectivity index (χ2n) is 9.80. The molecule has 0 aliphatic carbocycles. The minimum Gasteiger partial charge on any atom is -0.481 e. The second-order valence-corrected chi connectivity index (χ2v) is 9.80. The quantitative estimate of drug-likeness (QED) is 0.0597. The number of carbonyl (C=O) groups is 3. The Morgan fingerprint density at radius 1 is 0.618 bits per heavy atom. The Labute approximate surface area is 207 Å². The molecule has 7 nitrogen and oxygen atoms in total. The topological polar surface area (TPSA) is 121 Å². The van der Waals surface area contributed by atoms with Crippen LogP contribution in [0.25, 0.3) is 0 Å². The number of nitrogens with two attached hydrogens (primary N) is 1. The third-order valence-corrected chi connectivity index (χ3v) is 6.79. The van der Waals surface area contributed by atoms with Crippen LogP contribution in [0.2, 0.25) is 0 Å². The summed E-state index contributed by atoms with van der Waals surface area (Å²) in [6.07, 6.45) is 19.9. The highest BCUT2D eigenvalue weighted by atomic mass is 16.4. The van der Waals surface area contributed by atoms with E-state index in [-0.39, 0.29) is 25.7 Å². The van der Waals surface area contributed by atoms with Crippen molar-refractivity contribution < 1.29 is 24.6 Å². The van der Waals surface area contributed by atoms with Crippen LogP contribution in [-0.2, 0) is 14.4 Å². The summed E-state index contributed by atoms with van der Waals surface area (Å²) in [5, 5.41) is 19.7. The van der Waals surface area contributed by atoms with Gasteiger partial charge >= 0.3 is 11.9 Å². The maximum Gasteiger partial charge on any atom is 0.331 e. The Morgan fingerprint density at radius 3 is 1.38 bits per heavy atom. The van der Waals surface area contributed by atoms with Gasteiger partial charge in [-0.1, -0.05) is 117 Å². The molecule has 1 amide bonds. The molecule has 34 heavy (non-hydrogen) atoms.